The fraction of sp³-hybridized carbons (Fsp3) is 0.483. The zero-order chi connectivity index (χ0) is 21.9. The van der Waals surface area contributed by atoms with Gasteiger partial charge < -0.3 is 4.74 Å². The molecule has 2 heteroatoms. The molecule has 3 rings (SSSR count). The molecule has 0 bridgehead atoms. The number of hydrogen-bond donors (Lipinski definition) is 0. The molecule has 0 radical (unpaired) electrons. The summed E-state index contributed by atoms with van der Waals surface area (Å²) in [6, 6.07) is 16.8. The molecule has 0 heterocycles. The van der Waals surface area contributed by atoms with Crippen LogP contribution in [0.5, 0.6) is 5.75 Å². The average molecular weight is 419 g/mol. The Morgan fingerprint density at radius 2 is 1.48 bits per heavy atom. The van der Waals surface area contributed by atoms with Gasteiger partial charge in [0.15, 0.2) is 0 Å². The van der Waals surface area contributed by atoms with Gasteiger partial charge in [0.1, 0.15) is 5.75 Å². The van der Waals surface area contributed by atoms with E-state index in [-0.39, 0.29) is 5.97 Å². The summed E-state index contributed by atoms with van der Waals surface area (Å²) in [5.41, 5.74) is 5.18. The highest BCUT2D eigenvalue weighted by atomic mass is 16.5. The van der Waals surface area contributed by atoms with Gasteiger partial charge in [-0.1, -0.05) is 94.8 Å². The number of unbranched alkanes of at least 4 members (excludes halogenated alkanes) is 4. The van der Waals surface area contributed by atoms with Crippen LogP contribution >= 0.6 is 0 Å². The zero-order valence-corrected chi connectivity index (χ0v) is 19.4. The fourth-order valence-electron chi connectivity index (χ4n) is 4.47. The summed E-state index contributed by atoms with van der Waals surface area (Å²) in [5, 5.41) is 0. The van der Waals surface area contributed by atoms with Gasteiger partial charge in [0.25, 0.3) is 0 Å². The van der Waals surface area contributed by atoms with E-state index >= 15 is 0 Å². The first-order valence-electron chi connectivity index (χ1n) is 12.3. The lowest BCUT2D eigenvalue weighted by Gasteiger charge is -2.21. The second-order valence-corrected chi connectivity index (χ2v) is 8.90. The highest BCUT2D eigenvalue weighted by Gasteiger charge is 2.14. The molecule has 1 aliphatic carbocycles. The van der Waals surface area contributed by atoms with Gasteiger partial charge in [0.2, 0.25) is 0 Å². The fourth-order valence-corrected chi connectivity index (χ4v) is 4.47. The van der Waals surface area contributed by atoms with E-state index in [1.807, 2.05) is 24.3 Å². The smallest absolute Gasteiger partial charge is 0.311 e. The second-order valence-electron chi connectivity index (χ2n) is 8.90. The SMILES string of the molecule is CCCCCCCC(=O)Oc1ccc(-c2ccc(C3=CCC(CCC)CC3)cc2)cc1. The van der Waals surface area contributed by atoms with Gasteiger partial charge in [-0.25, -0.2) is 0 Å². The first kappa shape index (κ1) is 23.3. The van der Waals surface area contributed by atoms with Crippen molar-refractivity contribution in [3.8, 4) is 16.9 Å². The van der Waals surface area contributed by atoms with E-state index in [0.717, 1.165) is 24.3 Å². The molecular weight excluding hydrogens is 380 g/mol. The first-order valence-corrected chi connectivity index (χ1v) is 12.3. The summed E-state index contributed by atoms with van der Waals surface area (Å²) in [4.78, 5) is 12.0. The van der Waals surface area contributed by atoms with E-state index in [4.69, 9.17) is 4.74 Å². The molecule has 2 aromatic carbocycles. The van der Waals surface area contributed by atoms with Gasteiger partial charge in [0, 0.05) is 6.42 Å². The minimum Gasteiger partial charge on any atom is -0.427 e. The molecule has 0 aliphatic heterocycles. The third-order valence-electron chi connectivity index (χ3n) is 6.38. The van der Waals surface area contributed by atoms with Crippen LogP contribution in [0.1, 0.15) is 90.0 Å². The Kier molecular flexibility index (Phi) is 9.39. The van der Waals surface area contributed by atoms with Crippen LogP contribution in [0.25, 0.3) is 16.7 Å². The summed E-state index contributed by atoms with van der Waals surface area (Å²) in [7, 11) is 0. The van der Waals surface area contributed by atoms with Crippen LogP contribution in [0.2, 0.25) is 0 Å². The maximum absolute atomic E-state index is 12.0. The van der Waals surface area contributed by atoms with Crippen LogP contribution in [0.4, 0.5) is 0 Å². The number of carbonyl (C=O) groups excluding carboxylic acids is 1. The molecular formula is C29H38O2. The second kappa shape index (κ2) is 12.5. The molecule has 2 nitrogen and oxygen atoms in total. The van der Waals surface area contributed by atoms with E-state index in [1.165, 1.54) is 68.1 Å². The zero-order valence-electron chi connectivity index (χ0n) is 19.4. The molecule has 0 saturated carbocycles. The van der Waals surface area contributed by atoms with Gasteiger partial charge in [0.05, 0.1) is 0 Å². The Bertz CT molecular complexity index is 830. The lowest BCUT2D eigenvalue weighted by molar-refractivity contribution is -0.134. The van der Waals surface area contributed by atoms with Crippen LogP contribution in [0.15, 0.2) is 54.6 Å². The van der Waals surface area contributed by atoms with Gasteiger partial charge in [-0.05, 0) is 66.0 Å². The summed E-state index contributed by atoms with van der Waals surface area (Å²) >= 11 is 0. The monoisotopic (exact) mass is 418 g/mol. The van der Waals surface area contributed by atoms with Crippen molar-refractivity contribution in [2.24, 2.45) is 5.92 Å². The van der Waals surface area contributed by atoms with E-state index in [1.54, 1.807) is 0 Å². The quantitative estimate of drug-likeness (QED) is 0.207. The molecule has 1 unspecified atom stereocenters. The standard InChI is InChI=1S/C29H38O2/c1-3-5-6-7-8-10-29(30)31-28-21-19-27(20-22-28)26-17-15-25(16-18-26)24-13-11-23(9-4-2)12-14-24/h13,15-23H,3-12,14H2,1-2H3. The number of ether oxygens (including phenoxy) is 1. The Labute approximate surface area is 188 Å². The summed E-state index contributed by atoms with van der Waals surface area (Å²) in [6.07, 6.45) is 15.0. The predicted octanol–water partition coefficient (Wildman–Crippen LogP) is 8.60. The molecule has 0 aromatic heterocycles. The van der Waals surface area contributed by atoms with Crippen molar-refractivity contribution >= 4 is 11.5 Å². The lowest BCUT2D eigenvalue weighted by Crippen LogP contribution is -2.07. The molecule has 166 valence electrons. The summed E-state index contributed by atoms with van der Waals surface area (Å²) in [5.74, 6) is 1.38. The Morgan fingerprint density at radius 3 is 2.10 bits per heavy atom. The molecule has 0 fully saturated rings. The Morgan fingerprint density at radius 1 is 0.839 bits per heavy atom. The number of rotatable bonds is 11. The number of esters is 1. The maximum atomic E-state index is 12.0. The van der Waals surface area contributed by atoms with Gasteiger partial charge >= 0.3 is 5.97 Å². The largest absolute Gasteiger partial charge is 0.427 e. The van der Waals surface area contributed by atoms with Gasteiger partial charge in [-0.15, -0.1) is 0 Å². The molecule has 0 spiro atoms. The minimum absolute atomic E-state index is 0.129. The van der Waals surface area contributed by atoms with E-state index in [2.05, 4.69) is 44.2 Å². The number of allylic oxidation sites excluding steroid dienone is 2. The third kappa shape index (κ3) is 7.38. The lowest BCUT2D eigenvalue weighted by atomic mass is 9.84. The van der Waals surface area contributed by atoms with Crippen molar-refractivity contribution in [2.45, 2.75) is 84.5 Å². The number of carbonyl (C=O) groups is 1. The predicted molar refractivity (Wildman–Crippen MR) is 131 cm³/mol. The topological polar surface area (TPSA) is 26.3 Å². The molecule has 0 saturated heterocycles. The van der Waals surface area contributed by atoms with Crippen molar-refractivity contribution in [3.05, 3.63) is 60.2 Å². The van der Waals surface area contributed by atoms with E-state index in [0.29, 0.717) is 12.2 Å². The van der Waals surface area contributed by atoms with Crippen LogP contribution in [0, 0.1) is 5.92 Å². The van der Waals surface area contributed by atoms with Gasteiger partial charge in [-0.2, -0.15) is 0 Å². The maximum Gasteiger partial charge on any atom is 0.311 e. The molecule has 0 amide bonds. The molecule has 1 aliphatic rings. The van der Waals surface area contributed by atoms with E-state index < -0.39 is 0 Å². The first-order chi connectivity index (χ1) is 15.2. The normalized spacial score (nSPS) is 16.1. The van der Waals surface area contributed by atoms with Gasteiger partial charge in [-0.3, -0.25) is 4.79 Å². The molecule has 2 aromatic rings. The van der Waals surface area contributed by atoms with Crippen molar-refractivity contribution in [2.75, 3.05) is 0 Å². The number of benzene rings is 2. The van der Waals surface area contributed by atoms with Crippen LogP contribution in [-0.2, 0) is 4.79 Å². The minimum atomic E-state index is -0.129. The third-order valence-corrected chi connectivity index (χ3v) is 6.38. The van der Waals surface area contributed by atoms with Crippen molar-refractivity contribution < 1.29 is 9.53 Å². The number of hydrogen-bond acceptors (Lipinski definition) is 2. The Hall–Kier alpha value is -2.35. The van der Waals surface area contributed by atoms with Crippen LogP contribution in [0.3, 0.4) is 0 Å². The average Bonchev–Trinajstić information content (AvgIpc) is 2.80. The van der Waals surface area contributed by atoms with Crippen molar-refractivity contribution in [1.29, 1.82) is 0 Å². The van der Waals surface area contributed by atoms with Crippen LogP contribution < -0.4 is 4.74 Å². The van der Waals surface area contributed by atoms with Crippen molar-refractivity contribution in [3.63, 3.8) is 0 Å². The summed E-state index contributed by atoms with van der Waals surface area (Å²) in [6.45, 7) is 4.48. The Balaban J connectivity index is 1.51. The van der Waals surface area contributed by atoms with E-state index in [9.17, 15) is 4.79 Å². The van der Waals surface area contributed by atoms with Crippen molar-refractivity contribution in [1.82, 2.24) is 0 Å². The molecule has 31 heavy (non-hydrogen) atoms. The summed E-state index contributed by atoms with van der Waals surface area (Å²) < 4.78 is 5.49. The van der Waals surface area contributed by atoms with Crippen LogP contribution in [-0.4, -0.2) is 5.97 Å². The highest BCUT2D eigenvalue weighted by molar-refractivity contribution is 5.74. The highest BCUT2D eigenvalue weighted by Crippen LogP contribution is 2.33. The molecule has 0 N–H and O–H groups in total. The molecule has 1 atom stereocenters.